The summed E-state index contributed by atoms with van der Waals surface area (Å²) in [5.41, 5.74) is 10.9. The van der Waals surface area contributed by atoms with Crippen LogP contribution < -0.4 is 16.8 Å². The summed E-state index contributed by atoms with van der Waals surface area (Å²) in [6.45, 7) is 1.87. The molecule has 0 radical (unpaired) electrons. The van der Waals surface area contributed by atoms with Gasteiger partial charge in [0.05, 0.1) is 6.54 Å². The minimum atomic E-state index is -0.478. The fourth-order valence-electron chi connectivity index (χ4n) is 1.88. The van der Waals surface area contributed by atoms with E-state index in [4.69, 9.17) is 11.5 Å². The fraction of sp³-hybridized carbons (Fsp3) is 0.500. The van der Waals surface area contributed by atoms with Crippen LogP contribution in [-0.4, -0.2) is 37.8 Å². The van der Waals surface area contributed by atoms with Gasteiger partial charge >= 0.3 is 6.03 Å². The Morgan fingerprint density at radius 3 is 2.42 bits per heavy atom. The predicted octanol–water partition coefficient (Wildman–Crippen LogP) is -0.743. The molecule has 3 amide bonds. The zero-order valence-electron chi connectivity index (χ0n) is 10.5. The summed E-state index contributed by atoms with van der Waals surface area (Å²) < 4.78 is 0. The molecule has 5 N–H and O–H groups in total. The number of nitrogens with one attached hydrogen (secondary N) is 1. The highest BCUT2D eigenvalue weighted by Gasteiger charge is 2.37. The van der Waals surface area contributed by atoms with Crippen molar-refractivity contribution in [2.45, 2.75) is 32.4 Å². The molecule has 2 rings (SSSR count). The van der Waals surface area contributed by atoms with Crippen molar-refractivity contribution in [3.8, 4) is 0 Å². The third kappa shape index (κ3) is 2.69. The van der Waals surface area contributed by atoms with E-state index in [9.17, 15) is 9.59 Å². The minimum Gasteiger partial charge on any atom is -0.368 e. The summed E-state index contributed by atoms with van der Waals surface area (Å²) in [5, 5.41) is 2.61. The molecule has 1 saturated heterocycles. The number of amides is 3. The molecule has 1 atom stereocenters. The molecular weight excluding hydrogens is 250 g/mol. The van der Waals surface area contributed by atoms with E-state index < -0.39 is 12.1 Å². The first-order valence-electron chi connectivity index (χ1n) is 5.89. The van der Waals surface area contributed by atoms with E-state index in [1.165, 1.54) is 0 Å². The number of rotatable bonds is 4. The second kappa shape index (κ2) is 5.04. The number of urea groups is 1. The molecular formula is C10H15N7O2. The van der Waals surface area contributed by atoms with Gasteiger partial charge in [-0.1, -0.05) is 13.3 Å². The topological polar surface area (TPSA) is 140 Å². The number of nitrogen functional groups attached to an aromatic ring is 2. The number of hydrogen-bond acceptors (Lipinski definition) is 7. The molecule has 1 aromatic rings. The second-order valence-corrected chi connectivity index (χ2v) is 4.18. The van der Waals surface area contributed by atoms with E-state index in [-0.39, 0.29) is 30.2 Å². The molecule has 2 heterocycles. The summed E-state index contributed by atoms with van der Waals surface area (Å²) in [4.78, 5) is 36.0. The Morgan fingerprint density at radius 2 is 1.84 bits per heavy atom. The van der Waals surface area contributed by atoms with Crippen molar-refractivity contribution >= 4 is 23.8 Å². The highest BCUT2D eigenvalue weighted by atomic mass is 16.2. The van der Waals surface area contributed by atoms with E-state index in [2.05, 4.69) is 20.3 Å². The van der Waals surface area contributed by atoms with Gasteiger partial charge in [0.15, 0.2) is 5.82 Å². The van der Waals surface area contributed by atoms with Gasteiger partial charge in [-0.05, 0) is 6.42 Å². The Kier molecular flexibility index (Phi) is 3.45. The number of aromatic nitrogens is 3. The number of nitrogens with two attached hydrogens (primary N) is 2. The Bertz CT molecular complexity index is 498. The Balaban J connectivity index is 2.14. The molecule has 9 nitrogen and oxygen atoms in total. The van der Waals surface area contributed by atoms with Crippen LogP contribution in [-0.2, 0) is 11.3 Å². The van der Waals surface area contributed by atoms with Gasteiger partial charge in [0.25, 0.3) is 5.91 Å². The van der Waals surface area contributed by atoms with Crippen LogP contribution in [0.1, 0.15) is 25.6 Å². The third-order valence-electron chi connectivity index (χ3n) is 2.70. The molecule has 0 unspecified atom stereocenters. The first-order chi connectivity index (χ1) is 9.01. The summed E-state index contributed by atoms with van der Waals surface area (Å²) in [6.07, 6.45) is 1.40. The Labute approximate surface area is 109 Å². The van der Waals surface area contributed by atoms with Crippen LogP contribution in [0.25, 0.3) is 0 Å². The van der Waals surface area contributed by atoms with E-state index in [0.29, 0.717) is 6.42 Å². The molecule has 0 saturated carbocycles. The lowest BCUT2D eigenvalue weighted by Gasteiger charge is -2.12. The highest BCUT2D eigenvalue weighted by Crippen LogP contribution is 2.13. The van der Waals surface area contributed by atoms with Crippen molar-refractivity contribution in [1.29, 1.82) is 0 Å². The van der Waals surface area contributed by atoms with E-state index in [1.54, 1.807) is 0 Å². The summed E-state index contributed by atoms with van der Waals surface area (Å²) in [5.74, 6) is -0.186. The molecule has 1 aromatic heterocycles. The maximum atomic E-state index is 12.0. The second-order valence-electron chi connectivity index (χ2n) is 4.18. The molecule has 0 bridgehead atoms. The number of nitrogens with zero attached hydrogens (tertiary/aromatic N) is 4. The van der Waals surface area contributed by atoms with Crippen molar-refractivity contribution in [3.63, 3.8) is 0 Å². The van der Waals surface area contributed by atoms with Gasteiger partial charge in [0.2, 0.25) is 11.9 Å². The zero-order valence-corrected chi connectivity index (χ0v) is 10.5. The lowest BCUT2D eigenvalue weighted by molar-refractivity contribution is -0.128. The quantitative estimate of drug-likeness (QED) is 0.608. The third-order valence-corrected chi connectivity index (χ3v) is 2.70. The lowest BCUT2D eigenvalue weighted by Crippen LogP contribution is -2.32. The molecule has 0 spiro atoms. The Morgan fingerprint density at radius 1 is 1.21 bits per heavy atom. The number of anilines is 2. The fourth-order valence-corrected chi connectivity index (χ4v) is 1.88. The standard InChI is InChI=1S/C10H15N7O2/c1-2-3-5-7(18)17(10(19)13-5)4-6-14-8(11)16-9(12)15-6/h5H,2-4H2,1H3,(H,13,19)(H4,11,12,14,15,16)/t5-/m0/s1. The summed E-state index contributed by atoms with van der Waals surface area (Å²) in [7, 11) is 0. The maximum Gasteiger partial charge on any atom is 0.325 e. The van der Waals surface area contributed by atoms with Crippen LogP contribution in [0.3, 0.4) is 0 Å². The van der Waals surface area contributed by atoms with Crippen LogP contribution >= 0.6 is 0 Å². The average molecular weight is 265 g/mol. The zero-order chi connectivity index (χ0) is 14.0. The van der Waals surface area contributed by atoms with Crippen LogP contribution in [0.5, 0.6) is 0 Å². The maximum absolute atomic E-state index is 12.0. The van der Waals surface area contributed by atoms with Crippen molar-refractivity contribution in [1.82, 2.24) is 25.2 Å². The van der Waals surface area contributed by atoms with Gasteiger partial charge in [0.1, 0.15) is 6.04 Å². The predicted molar refractivity (Wildman–Crippen MR) is 66.4 cm³/mol. The smallest absolute Gasteiger partial charge is 0.325 e. The van der Waals surface area contributed by atoms with Crippen molar-refractivity contribution < 1.29 is 9.59 Å². The van der Waals surface area contributed by atoms with Gasteiger partial charge in [-0.2, -0.15) is 15.0 Å². The minimum absolute atomic E-state index is 0.0420. The van der Waals surface area contributed by atoms with Crippen molar-refractivity contribution in [3.05, 3.63) is 5.82 Å². The average Bonchev–Trinajstić information content (AvgIpc) is 2.56. The van der Waals surface area contributed by atoms with Crippen molar-refractivity contribution in [2.24, 2.45) is 0 Å². The first kappa shape index (κ1) is 13.0. The summed E-state index contributed by atoms with van der Waals surface area (Å²) >= 11 is 0. The molecule has 19 heavy (non-hydrogen) atoms. The van der Waals surface area contributed by atoms with Gasteiger partial charge < -0.3 is 16.8 Å². The molecule has 1 fully saturated rings. The lowest BCUT2D eigenvalue weighted by atomic mass is 10.2. The monoisotopic (exact) mass is 265 g/mol. The number of hydrogen-bond donors (Lipinski definition) is 3. The number of carbonyl (C=O) groups is 2. The number of imide groups is 1. The van der Waals surface area contributed by atoms with Crippen LogP contribution in [0, 0.1) is 0 Å². The van der Waals surface area contributed by atoms with Gasteiger partial charge in [-0.15, -0.1) is 0 Å². The molecule has 102 valence electrons. The molecule has 1 aliphatic rings. The summed E-state index contributed by atoms with van der Waals surface area (Å²) in [6, 6.07) is -0.935. The molecule has 9 heteroatoms. The Hall–Kier alpha value is -2.45. The van der Waals surface area contributed by atoms with Gasteiger partial charge in [-0.25, -0.2) is 4.79 Å². The van der Waals surface area contributed by atoms with Crippen LogP contribution in [0.2, 0.25) is 0 Å². The SMILES string of the molecule is CCC[C@@H]1NC(=O)N(Cc2nc(N)nc(N)n2)C1=O. The van der Waals surface area contributed by atoms with Crippen LogP contribution in [0.15, 0.2) is 0 Å². The normalized spacial score (nSPS) is 18.8. The largest absolute Gasteiger partial charge is 0.368 e. The van der Waals surface area contributed by atoms with Crippen LogP contribution in [0.4, 0.5) is 16.7 Å². The molecule has 0 aliphatic carbocycles. The van der Waals surface area contributed by atoms with Gasteiger partial charge in [0, 0.05) is 0 Å². The molecule has 1 aliphatic heterocycles. The van der Waals surface area contributed by atoms with Gasteiger partial charge in [-0.3, -0.25) is 9.69 Å². The van der Waals surface area contributed by atoms with E-state index in [0.717, 1.165) is 11.3 Å². The van der Waals surface area contributed by atoms with Crippen molar-refractivity contribution in [2.75, 3.05) is 11.5 Å². The number of carbonyl (C=O) groups excluding carboxylic acids is 2. The highest BCUT2D eigenvalue weighted by molar-refractivity contribution is 6.04. The first-order valence-corrected chi connectivity index (χ1v) is 5.89. The molecule has 0 aromatic carbocycles. The van der Waals surface area contributed by atoms with E-state index in [1.807, 2.05) is 6.92 Å². The van der Waals surface area contributed by atoms with E-state index >= 15 is 0 Å².